The third-order valence-corrected chi connectivity index (χ3v) is 2.85. The molecule has 0 aliphatic rings. The Morgan fingerprint density at radius 3 is 2.62 bits per heavy atom. The Balaban J connectivity index is 2.45. The molecule has 0 heterocycles. The van der Waals surface area contributed by atoms with E-state index >= 15 is 0 Å². The van der Waals surface area contributed by atoms with Crippen molar-refractivity contribution in [2.75, 3.05) is 13.6 Å². The smallest absolute Gasteiger partial charge is 0.0667 e. The molecule has 0 spiro atoms. The number of aliphatic hydroxyl groups excluding tert-OH is 1. The lowest BCUT2D eigenvalue weighted by atomic mass is 10.1. The summed E-state index contributed by atoms with van der Waals surface area (Å²) >= 11 is 0. The molecule has 0 saturated carbocycles. The van der Waals surface area contributed by atoms with Crippen LogP contribution in [0.3, 0.4) is 0 Å². The van der Waals surface area contributed by atoms with E-state index in [1.165, 1.54) is 11.1 Å². The number of likely N-dealkylation sites (N-methyl/N-ethyl adjacent to an activating group) is 1. The number of benzene rings is 1. The Hall–Kier alpha value is -0.860. The Morgan fingerprint density at radius 2 is 2.00 bits per heavy atom. The Bertz CT molecular complexity index is 311. The Kier molecular flexibility index (Phi) is 5.50. The van der Waals surface area contributed by atoms with Crippen molar-refractivity contribution < 1.29 is 5.11 Å². The minimum absolute atomic E-state index is 0.195. The largest absolute Gasteiger partial charge is 0.392 e. The van der Waals surface area contributed by atoms with Crippen LogP contribution in [-0.4, -0.2) is 29.7 Å². The summed E-state index contributed by atoms with van der Waals surface area (Å²) in [6, 6.07) is 8.41. The van der Waals surface area contributed by atoms with Crippen molar-refractivity contribution in [1.82, 2.24) is 4.90 Å². The van der Waals surface area contributed by atoms with Crippen LogP contribution in [0.1, 0.15) is 30.9 Å². The van der Waals surface area contributed by atoms with Crippen molar-refractivity contribution in [2.45, 2.75) is 39.3 Å². The summed E-state index contributed by atoms with van der Waals surface area (Å²) in [7, 11) is 2.06. The van der Waals surface area contributed by atoms with Gasteiger partial charge in [0.15, 0.2) is 0 Å². The topological polar surface area (TPSA) is 23.5 Å². The van der Waals surface area contributed by atoms with E-state index in [1.807, 2.05) is 0 Å². The van der Waals surface area contributed by atoms with E-state index in [4.69, 9.17) is 0 Å². The summed E-state index contributed by atoms with van der Waals surface area (Å²) < 4.78 is 0. The predicted molar refractivity (Wildman–Crippen MR) is 68.4 cm³/mol. The summed E-state index contributed by atoms with van der Waals surface area (Å²) in [5.41, 5.74) is 2.66. The van der Waals surface area contributed by atoms with Gasteiger partial charge in [-0.05, 0) is 31.5 Å². The first-order chi connectivity index (χ1) is 7.63. The molecule has 1 aromatic rings. The molecule has 1 aromatic carbocycles. The van der Waals surface area contributed by atoms with Gasteiger partial charge >= 0.3 is 0 Å². The number of hydrogen-bond acceptors (Lipinski definition) is 2. The van der Waals surface area contributed by atoms with Gasteiger partial charge in [0.1, 0.15) is 0 Å². The number of aryl methyl sites for hydroxylation is 1. The molecule has 2 nitrogen and oxygen atoms in total. The first-order valence-electron chi connectivity index (χ1n) is 6.04. The van der Waals surface area contributed by atoms with E-state index in [2.05, 4.69) is 50.1 Å². The molecule has 0 bridgehead atoms. The van der Waals surface area contributed by atoms with Gasteiger partial charge in [-0.3, -0.25) is 4.90 Å². The quantitative estimate of drug-likeness (QED) is 0.798. The number of aliphatic hydroxyl groups is 1. The summed E-state index contributed by atoms with van der Waals surface area (Å²) in [6.45, 7) is 5.89. The first-order valence-corrected chi connectivity index (χ1v) is 6.04. The average Bonchev–Trinajstić information content (AvgIpc) is 2.21. The molecule has 0 radical (unpaired) electrons. The zero-order chi connectivity index (χ0) is 12.0. The zero-order valence-electron chi connectivity index (χ0n) is 10.6. The number of hydrogen-bond donors (Lipinski definition) is 1. The number of nitrogens with zero attached hydrogens (tertiary/aromatic N) is 1. The van der Waals surface area contributed by atoms with Gasteiger partial charge in [0, 0.05) is 13.1 Å². The summed E-state index contributed by atoms with van der Waals surface area (Å²) in [5.74, 6) is 0. The molecule has 0 aromatic heterocycles. The van der Waals surface area contributed by atoms with Crippen LogP contribution in [0.15, 0.2) is 24.3 Å². The summed E-state index contributed by atoms with van der Waals surface area (Å²) in [4.78, 5) is 2.18. The summed E-state index contributed by atoms with van der Waals surface area (Å²) in [6.07, 6.45) is 1.73. The van der Waals surface area contributed by atoms with Crippen LogP contribution in [0.5, 0.6) is 0 Å². The maximum atomic E-state index is 9.73. The molecule has 1 unspecified atom stereocenters. The molecule has 90 valence electrons. The lowest BCUT2D eigenvalue weighted by Crippen LogP contribution is -2.28. The van der Waals surface area contributed by atoms with E-state index in [1.54, 1.807) is 0 Å². The molecular formula is C14H23NO. The standard InChI is InChI=1S/C14H23NO/c1-4-7-14(16)11-15(3)10-13-9-6-5-8-12(13)2/h5-6,8-9,14,16H,4,7,10-11H2,1-3H3. The average molecular weight is 221 g/mol. The van der Waals surface area contributed by atoms with Crippen molar-refractivity contribution in [1.29, 1.82) is 0 Å². The van der Waals surface area contributed by atoms with Crippen LogP contribution >= 0.6 is 0 Å². The van der Waals surface area contributed by atoms with Gasteiger partial charge < -0.3 is 5.11 Å². The fourth-order valence-corrected chi connectivity index (χ4v) is 1.93. The monoisotopic (exact) mass is 221 g/mol. The van der Waals surface area contributed by atoms with Gasteiger partial charge in [0.25, 0.3) is 0 Å². The molecule has 0 aliphatic carbocycles. The highest BCUT2D eigenvalue weighted by Crippen LogP contribution is 2.10. The maximum absolute atomic E-state index is 9.73. The molecule has 1 N–H and O–H groups in total. The molecular weight excluding hydrogens is 198 g/mol. The van der Waals surface area contributed by atoms with Crippen molar-refractivity contribution in [3.8, 4) is 0 Å². The summed E-state index contributed by atoms with van der Waals surface area (Å²) in [5, 5.41) is 9.73. The second kappa shape index (κ2) is 6.66. The minimum atomic E-state index is -0.195. The first kappa shape index (κ1) is 13.2. The van der Waals surface area contributed by atoms with E-state index in [0.29, 0.717) is 0 Å². The molecule has 2 heteroatoms. The van der Waals surface area contributed by atoms with Crippen molar-refractivity contribution in [3.63, 3.8) is 0 Å². The molecule has 0 amide bonds. The molecule has 16 heavy (non-hydrogen) atoms. The maximum Gasteiger partial charge on any atom is 0.0667 e. The van der Waals surface area contributed by atoms with Gasteiger partial charge in [-0.2, -0.15) is 0 Å². The highest BCUT2D eigenvalue weighted by atomic mass is 16.3. The van der Waals surface area contributed by atoms with E-state index in [0.717, 1.165) is 25.9 Å². The van der Waals surface area contributed by atoms with Crippen LogP contribution in [0.2, 0.25) is 0 Å². The fraction of sp³-hybridized carbons (Fsp3) is 0.571. The van der Waals surface area contributed by atoms with Crippen molar-refractivity contribution in [2.24, 2.45) is 0 Å². The Morgan fingerprint density at radius 1 is 1.31 bits per heavy atom. The van der Waals surface area contributed by atoms with Gasteiger partial charge in [-0.1, -0.05) is 37.6 Å². The van der Waals surface area contributed by atoms with E-state index in [-0.39, 0.29) is 6.10 Å². The molecule has 0 saturated heterocycles. The van der Waals surface area contributed by atoms with Crippen LogP contribution in [0.25, 0.3) is 0 Å². The third-order valence-electron chi connectivity index (χ3n) is 2.85. The van der Waals surface area contributed by atoms with Crippen molar-refractivity contribution >= 4 is 0 Å². The number of rotatable bonds is 6. The highest BCUT2D eigenvalue weighted by Gasteiger charge is 2.08. The van der Waals surface area contributed by atoms with Crippen LogP contribution in [0, 0.1) is 6.92 Å². The second-order valence-electron chi connectivity index (χ2n) is 4.57. The normalized spacial score (nSPS) is 13.1. The van der Waals surface area contributed by atoms with Crippen molar-refractivity contribution in [3.05, 3.63) is 35.4 Å². The SMILES string of the molecule is CCCC(O)CN(C)Cc1ccccc1C. The van der Waals surface area contributed by atoms with Gasteiger partial charge in [-0.15, -0.1) is 0 Å². The fourth-order valence-electron chi connectivity index (χ4n) is 1.93. The lowest BCUT2D eigenvalue weighted by Gasteiger charge is -2.21. The van der Waals surface area contributed by atoms with Gasteiger partial charge in [-0.25, -0.2) is 0 Å². The van der Waals surface area contributed by atoms with Crippen LogP contribution in [-0.2, 0) is 6.54 Å². The predicted octanol–water partition coefficient (Wildman–Crippen LogP) is 2.59. The zero-order valence-corrected chi connectivity index (χ0v) is 10.6. The Labute approximate surface area is 98.9 Å². The molecule has 1 rings (SSSR count). The molecule has 0 fully saturated rings. The third kappa shape index (κ3) is 4.33. The molecule has 1 atom stereocenters. The lowest BCUT2D eigenvalue weighted by molar-refractivity contribution is 0.114. The van der Waals surface area contributed by atoms with Gasteiger partial charge in [0.2, 0.25) is 0 Å². The molecule has 0 aliphatic heterocycles. The van der Waals surface area contributed by atoms with E-state index in [9.17, 15) is 5.11 Å². The van der Waals surface area contributed by atoms with E-state index < -0.39 is 0 Å². The highest BCUT2D eigenvalue weighted by molar-refractivity contribution is 5.25. The van der Waals surface area contributed by atoms with Gasteiger partial charge in [0.05, 0.1) is 6.10 Å². The second-order valence-corrected chi connectivity index (χ2v) is 4.57. The van der Waals surface area contributed by atoms with Crippen LogP contribution in [0.4, 0.5) is 0 Å². The van der Waals surface area contributed by atoms with Crippen LogP contribution < -0.4 is 0 Å². The minimum Gasteiger partial charge on any atom is -0.392 e.